The van der Waals surface area contributed by atoms with Crippen molar-refractivity contribution >= 4 is 52.8 Å². The molecule has 5 rings (SSSR count). The van der Waals surface area contributed by atoms with Crippen molar-refractivity contribution in [2.45, 2.75) is 36.9 Å². The molecule has 1 aliphatic heterocycles. The number of benzene rings is 3. The third-order valence-electron chi connectivity index (χ3n) is 6.81. The highest BCUT2D eigenvalue weighted by molar-refractivity contribution is 7.80. The van der Waals surface area contributed by atoms with Crippen molar-refractivity contribution in [1.82, 2.24) is 14.5 Å². The molecule has 1 saturated heterocycles. The number of rotatable bonds is 7. The van der Waals surface area contributed by atoms with Crippen molar-refractivity contribution in [2.24, 2.45) is 5.73 Å². The van der Waals surface area contributed by atoms with Crippen LogP contribution in [0.1, 0.15) is 41.8 Å². The number of fused-ring (bicyclic) bond motifs is 1. The molecule has 0 spiro atoms. The van der Waals surface area contributed by atoms with E-state index in [0.717, 1.165) is 42.5 Å². The number of likely N-dealkylation sites (tertiary alicyclic amines) is 1. The minimum Gasteiger partial charge on any atom is -0.489 e. The zero-order valence-corrected chi connectivity index (χ0v) is 23.4. The number of nitrogens with zero attached hydrogens (tertiary/aromatic N) is 3. The van der Waals surface area contributed by atoms with Crippen molar-refractivity contribution in [2.75, 3.05) is 20.1 Å². The number of nitrogens with two attached hydrogens (primary N) is 1. The summed E-state index contributed by atoms with van der Waals surface area (Å²) in [4.78, 5) is 19.4. The number of carbonyl (C=O) groups is 1. The summed E-state index contributed by atoms with van der Waals surface area (Å²) < 4.78 is 14.4. The van der Waals surface area contributed by atoms with Crippen LogP contribution in [-0.2, 0) is 0 Å². The van der Waals surface area contributed by atoms with E-state index in [1.807, 2.05) is 35.8 Å². The highest BCUT2D eigenvalue weighted by atomic mass is 35.5. The Morgan fingerprint density at radius 1 is 1.13 bits per heavy atom. The number of amides is 1. The maximum Gasteiger partial charge on any atom is 0.250 e. The third kappa shape index (κ3) is 5.45. The number of hydrogen-bond acceptors (Lipinski definition) is 6. The Labute approximate surface area is 236 Å². The molecule has 1 aliphatic rings. The molecule has 7 nitrogen and oxygen atoms in total. The highest BCUT2D eigenvalue weighted by Gasteiger charge is 2.23. The summed E-state index contributed by atoms with van der Waals surface area (Å²) in [6, 6.07) is 14.5. The summed E-state index contributed by atoms with van der Waals surface area (Å²) in [6.45, 7) is 3.86. The lowest BCUT2D eigenvalue weighted by Gasteiger charge is -2.30. The van der Waals surface area contributed by atoms with Crippen LogP contribution in [0.3, 0.4) is 0 Å². The van der Waals surface area contributed by atoms with Crippen LogP contribution in [-0.4, -0.2) is 46.6 Å². The fourth-order valence-corrected chi connectivity index (χ4v) is 5.45. The van der Waals surface area contributed by atoms with Gasteiger partial charge < -0.3 is 20.1 Å². The van der Waals surface area contributed by atoms with Gasteiger partial charge in [0.15, 0.2) is 0 Å². The molecule has 10 heteroatoms. The van der Waals surface area contributed by atoms with E-state index in [0.29, 0.717) is 32.1 Å². The van der Waals surface area contributed by atoms with Crippen molar-refractivity contribution in [3.63, 3.8) is 0 Å². The highest BCUT2D eigenvalue weighted by Crippen LogP contribution is 2.38. The van der Waals surface area contributed by atoms with Crippen LogP contribution in [0.2, 0.25) is 10.0 Å². The van der Waals surface area contributed by atoms with E-state index in [-0.39, 0.29) is 11.7 Å². The van der Waals surface area contributed by atoms with E-state index in [9.17, 15) is 4.79 Å². The zero-order valence-electron chi connectivity index (χ0n) is 21.0. The van der Waals surface area contributed by atoms with E-state index in [2.05, 4.69) is 29.6 Å². The summed E-state index contributed by atoms with van der Waals surface area (Å²) in [5.41, 5.74) is 8.85. The van der Waals surface area contributed by atoms with E-state index in [4.69, 9.17) is 38.4 Å². The molecule has 198 valence electrons. The number of primary amides is 1. The largest absolute Gasteiger partial charge is 0.489 e. The Morgan fingerprint density at radius 2 is 1.89 bits per heavy atom. The predicted molar refractivity (Wildman–Crippen MR) is 153 cm³/mol. The normalized spacial score (nSPS) is 15.5. The van der Waals surface area contributed by atoms with Crippen LogP contribution in [0.25, 0.3) is 16.7 Å². The Balaban J connectivity index is 1.46. The van der Waals surface area contributed by atoms with Gasteiger partial charge >= 0.3 is 0 Å². The van der Waals surface area contributed by atoms with Crippen LogP contribution in [0.15, 0.2) is 59.8 Å². The van der Waals surface area contributed by atoms with Gasteiger partial charge in [-0.1, -0.05) is 35.3 Å². The molecule has 2 heterocycles. The molecule has 0 bridgehead atoms. The number of ether oxygens (including phenoxy) is 2. The van der Waals surface area contributed by atoms with Gasteiger partial charge in [-0.05, 0) is 57.1 Å². The third-order valence-corrected chi connectivity index (χ3v) is 7.91. The lowest BCUT2D eigenvalue weighted by molar-refractivity contribution is 0.0996. The van der Waals surface area contributed by atoms with Crippen LogP contribution < -0.4 is 15.2 Å². The number of piperidine rings is 1. The number of aromatic nitrogens is 2. The van der Waals surface area contributed by atoms with Crippen molar-refractivity contribution in [3.05, 3.63) is 76.0 Å². The lowest BCUT2D eigenvalue weighted by atomic mass is 10.1. The SMILES string of the molecule is C[C@@H](Oc1cc(-n2cnc3ccc(Cl)cc32)cc(C(N)=O)c1S)c1cccc(OC2CCN(C)CC2)c1Cl. The Morgan fingerprint density at radius 3 is 2.63 bits per heavy atom. The fourth-order valence-electron chi connectivity index (χ4n) is 4.67. The van der Waals surface area contributed by atoms with Crippen molar-refractivity contribution in [3.8, 4) is 17.2 Å². The number of imidazole rings is 1. The second-order valence-corrected chi connectivity index (χ2v) is 10.8. The van der Waals surface area contributed by atoms with E-state index >= 15 is 0 Å². The Kier molecular flexibility index (Phi) is 7.77. The fraction of sp³-hybridized carbons (Fsp3) is 0.286. The van der Waals surface area contributed by atoms with Gasteiger partial charge in [-0.15, -0.1) is 12.6 Å². The van der Waals surface area contributed by atoms with Gasteiger partial charge in [0.05, 0.1) is 32.2 Å². The van der Waals surface area contributed by atoms with Gasteiger partial charge in [0, 0.05) is 29.7 Å². The number of halogens is 2. The number of carbonyl (C=O) groups excluding carboxylic acids is 1. The quantitative estimate of drug-likeness (QED) is 0.253. The number of thiol groups is 1. The summed E-state index contributed by atoms with van der Waals surface area (Å²) in [5.74, 6) is 0.394. The van der Waals surface area contributed by atoms with E-state index in [1.54, 1.807) is 30.6 Å². The molecular weight excluding hydrogens is 543 g/mol. The minimum atomic E-state index is -0.622. The topological polar surface area (TPSA) is 82.6 Å². The van der Waals surface area contributed by atoms with Gasteiger partial charge in [0.2, 0.25) is 5.91 Å². The van der Waals surface area contributed by atoms with Crippen LogP contribution in [0.5, 0.6) is 11.5 Å². The number of hydrogen-bond donors (Lipinski definition) is 2. The Hall–Kier alpha value is -2.91. The smallest absolute Gasteiger partial charge is 0.250 e. The zero-order chi connectivity index (χ0) is 27.0. The first-order chi connectivity index (χ1) is 18.2. The first-order valence-corrected chi connectivity index (χ1v) is 13.5. The van der Waals surface area contributed by atoms with Crippen molar-refractivity contribution < 1.29 is 14.3 Å². The van der Waals surface area contributed by atoms with Gasteiger partial charge in [0.25, 0.3) is 0 Å². The summed E-state index contributed by atoms with van der Waals surface area (Å²) in [5, 5.41) is 1.07. The molecule has 3 aromatic carbocycles. The van der Waals surface area contributed by atoms with Crippen LogP contribution in [0, 0.1) is 0 Å². The van der Waals surface area contributed by atoms with Crippen LogP contribution >= 0.6 is 35.8 Å². The van der Waals surface area contributed by atoms with E-state index in [1.165, 1.54) is 0 Å². The molecule has 1 amide bonds. The second kappa shape index (κ2) is 11.1. The van der Waals surface area contributed by atoms with Crippen molar-refractivity contribution in [1.29, 1.82) is 0 Å². The molecule has 1 atom stereocenters. The molecule has 0 radical (unpaired) electrons. The molecular formula is C28H28Cl2N4O3S. The van der Waals surface area contributed by atoms with Gasteiger partial charge in [-0.25, -0.2) is 4.98 Å². The van der Waals surface area contributed by atoms with Gasteiger partial charge in [-0.3, -0.25) is 9.36 Å². The van der Waals surface area contributed by atoms with E-state index < -0.39 is 12.0 Å². The predicted octanol–water partition coefficient (Wildman–Crippen LogP) is 6.33. The minimum absolute atomic E-state index is 0.118. The van der Waals surface area contributed by atoms with Gasteiger partial charge in [0.1, 0.15) is 30.0 Å². The Bertz CT molecular complexity index is 1500. The average molecular weight is 572 g/mol. The molecule has 38 heavy (non-hydrogen) atoms. The molecule has 1 fully saturated rings. The van der Waals surface area contributed by atoms with Crippen LogP contribution in [0.4, 0.5) is 0 Å². The molecule has 2 N–H and O–H groups in total. The summed E-state index contributed by atoms with van der Waals surface area (Å²) >= 11 is 17.6. The molecule has 0 saturated carbocycles. The standard InChI is InChI=1S/C28H28Cl2N4O3S/c1-16(20-4-3-5-24(26(20)30)37-19-8-10-33(2)11-9-19)36-25-14-18(13-21(27(25)38)28(31)35)34-15-32-22-7-6-17(29)12-23(22)34/h3-7,12-16,19,38H,8-11H2,1-2H3,(H2,31,35)/t16-/m1/s1. The lowest BCUT2D eigenvalue weighted by Crippen LogP contribution is -2.35. The maximum absolute atomic E-state index is 12.3. The second-order valence-electron chi connectivity index (χ2n) is 9.49. The summed E-state index contributed by atoms with van der Waals surface area (Å²) in [6.07, 6.45) is 3.20. The summed E-state index contributed by atoms with van der Waals surface area (Å²) in [7, 11) is 2.11. The first-order valence-electron chi connectivity index (χ1n) is 12.3. The average Bonchev–Trinajstić information content (AvgIpc) is 3.30. The molecule has 4 aromatic rings. The van der Waals surface area contributed by atoms with Gasteiger partial charge in [-0.2, -0.15) is 0 Å². The molecule has 0 aliphatic carbocycles. The maximum atomic E-state index is 12.3. The first kappa shape index (κ1) is 26.7. The monoisotopic (exact) mass is 570 g/mol. The molecule has 0 unspecified atom stereocenters. The molecule has 1 aromatic heterocycles.